The molecule has 1 fully saturated rings. The van der Waals surface area contributed by atoms with Crippen molar-refractivity contribution in [3.8, 4) is 5.75 Å². The van der Waals surface area contributed by atoms with Crippen molar-refractivity contribution < 1.29 is 9.53 Å². The fourth-order valence-corrected chi connectivity index (χ4v) is 2.87. The van der Waals surface area contributed by atoms with Gasteiger partial charge in [-0.1, -0.05) is 17.7 Å². The normalized spacial score (nSPS) is 15.0. The minimum atomic E-state index is -0.166. The monoisotopic (exact) mass is 339 g/mol. The van der Waals surface area contributed by atoms with E-state index in [2.05, 4.69) is 0 Å². The van der Waals surface area contributed by atoms with Gasteiger partial charge in [0.1, 0.15) is 5.75 Å². The number of ether oxygens (including phenoxy) is 1. The molecule has 0 spiro atoms. The van der Waals surface area contributed by atoms with E-state index in [0.717, 1.165) is 43.5 Å². The van der Waals surface area contributed by atoms with Gasteiger partial charge in [-0.05, 0) is 50.7 Å². The number of carbonyl (C=O) groups is 1. The molecule has 3 N–H and O–H groups in total. The summed E-state index contributed by atoms with van der Waals surface area (Å²) < 4.78 is 5.45. The molecule has 5 nitrogen and oxygen atoms in total. The Morgan fingerprint density at radius 3 is 2.57 bits per heavy atom. The van der Waals surface area contributed by atoms with Crippen LogP contribution >= 0.6 is 12.4 Å². The summed E-state index contributed by atoms with van der Waals surface area (Å²) in [6.07, 6.45) is 3.25. The molecule has 0 radical (unpaired) electrons. The van der Waals surface area contributed by atoms with Crippen LogP contribution in [0, 0.1) is 25.2 Å². The molecular weight excluding hydrogens is 314 g/mol. The van der Waals surface area contributed by atoms with Gasteiger partial charge in [-0.15, -0.1) is 12.4 Å². The highest BCUT2D eigenvalue weighted by molar-refractivity contribution is 5.85. The Hall–Kier alpha value is -1.75. The largest absolute Gasteiger partial charge is 0.426 e. The Morgan fingerprint density at radius 2 is 2.00 bits per heavy atom. The first-order valence-electron chi connectivity index (χ1n) is 7.82. The van der Waals surface area contributed by atoms with Crippen molar-refractivity contribution in [1.82, 2.24) is 4.90 Å². The Morgan fingerprint density at radius 1 is 1.35 bits per heavy atom. The Kier molecular flexibility index (Phi) is 7.36. The SMILES string of the molecule is Cc1ccc(OC(=O)CCC2CCN(C(=N)N)CC2)c(C)c1.Cl. The van der Waals surface area contributed by atoms with Gasteiger partial charge in [0.25, 0.3) is 0 Å². The van der Waals surface area contributed by atoms with Crippen LogP contribution in [0.15, 0.2) is 18.2 Å². The van der Waals surface area contributed by atoms with Crippen molar-refractivity contribution in [3.05, 3.63) is 29.3 Å². The number of hydrogen-bond donors (Lipinski definition) is 2. The number of benzene rings is 1. The minimum absolute atomic E-state index is 0. The summed E-state index contributed by atoms with van der Waals surface area (Å²) in [7, 11) is 0. The summed E-state index contributed by atoms with van der Waals surface area (Å²) in [6.45, 7) is 5.59. The quantitative estimate of drug-likeness (QED) is 0.382. The molecule has 1 aliphatic heterocycles. The van der Waals surface area contributed by atoms with E-state index in [1.165, 1.54) is 0 Å². The lowest BCUT2D eigenvalue weighted by atomic mass is 9.92. The van der Waals surface area contributed by atoms with Gasteiger partial charge in [0.05, 0.1) is 0 Å². The first-order valence-corrected chi connectivity index (χ1v) is 7.82. The maximum Gasteiger partial charge on any atom is 0.311 e. The molecule has 0 bridgehead atoms. The van der Waals surface area contributed by atoms with Crippen LogP contribution in [0.3, 0.4) is 0 Å². The van der Waals surface area contributed by atoms with Gasteiger partial charge in [-0.3, -0.25) is 10.2 Å². The number of esters is 1. The molecule has 1 aromatic carbocycles. The molecule has 0 unspecified atom stereocenters. The molecule has 0 saturated carbocycles. The van der Waals surface area contributed by atoms with Crippen molar-refractivity contribution in [3.63, 3.8) is 0 Å². The topological polar surface area (TPSA) is 79.4 Å². The molecule has 1 aliphatic rings. The molecule has 0 aromatic heterocycles. The van der Waals surface area contributed by atoms with E-state index in [9.17, 15) is 4.79 Å². The summed E-state index contributed by atoms with van der Waals surface area (Å²) in [4.78, 5) is 13.9. The van der Waals surface area contributed by atoms with E-state index in [-0.39, 0.29) is 24.3 Å². The standard InChI is InChI=1S/C17H25N3O2.ClH/c1-12-3-5-15(13(2)11-12)22-16(21)6-4-14-7-9-20(10-8-14)17(18)19;/h3,5,11,14H,4,6-10H2,1-2H3,(H3,18,19);1H. The van der Waals surface area contributed by atoms with E-state index >= 15 is 0 Å². The number of aryl methyl sites for hydroxylation is 2. The third-order valence-corrected chi connectivity index (χ3v) is 4.27. The van der Waals surface area contributed by atoms with Crippen LogP contribution in [-0.2, 0) is 4.79 Å². The fraction of sp³-hybridized carbons (Fsp3) is 0.529. The number of piperidine rings is 1. The highest BCUT2D eigenvalue weighted by Crippen LogP contribution is 2.23. The molecule has 0 amide bonds. The maximum atomic E-state index is 12.0. The number of guanidine groups is 1. The first kappa shape index (κ1) is 19.3. The predicted molar refractivity (Wildman–Crippen MR) is 94.2 cm³/mol. The van der Waals surface area contributed by atoms with Crippen LogP contribution in [0.1, 0.15) is 36.8 Å². The lowest BCUT2D eigenvalue weighted by Crippen LogP contribution is -2.42. The molecule has 128 valence electrons. The van der Waals surface area contributed by atoms with Gasteiger partial charge < -0.3 is 15.4 Å². The Balaban J connectivity index is 0.00000264. The highest BCUT2D eigenvalue weighted by Gasteiger charge is 2.21. The zero-order valence-electron chi connectivity index (χ0n) is 13.8. The highest BCUT2D eigenvalue weighted by atomic mass is 35.5. The lowest BCUT2D eigenvalue weighted by molar-refractivity contribution is -0.134. The van der Waals surface area contributed by atoms with Gasteiger partial charge in [-0.25, -0.2) is 0 Å². The van der Waals surface area contributed by atoms with Crippen molar-refractivity contribution in [2.75, 3.05) is 13.1 Å². The molecule has 1 aromatic rings. The number of rotatable bonds is 4. The summed E-state index contributed by atoms with van der Waals surface area (Å²) in [5.41, 5.74) is 7.63. The average molecular weight is 340 g/mol. The van der Waals surface area contributed by atoms with Crippen molar-refractivity contribution in [2.24, 2.45) is 11.7 Å². The van der Waals surface area contributed by atoms with Gasteiger partial charge in [0.15, 0.2) is 5.96 Å². The third kappa shape index (κ3) is 5.75. The number of nitrogens with one attached hydrogen (secondary N) is 1. The first-order chi connectivity index (χ1) is 10.5. The Labute approximate surface area is 144 Å². The molecule has 1 saturated heterocycles. The molecular formula is C17H26ClN3O2. The van der Waals surface area contributed by atoms with Crippen LogP contribution in [0.5, 0.6) is 5.75 Å². The molecule has 0 atom stereocenters. The van der Waals surface area contributed by atoms with Crippen molar-refractivity contribution >= 4 is 24.3 Å². The van der Waals surface area contributed by atoms with Crippen molar-refractivity contribution in [1.29, 1.82) is 5.41 Å². The molecule has 2 rings (SSSR count). The molecule has 23 heavy (non-hydrogen) atoms. The maximum absolute atomic E-state index is 12.0. The van der Waals surface area contributed by atoms with Crippen LogP contribution in [-0.4, -0.2) is 29.9 Å². The van der Waals surface area contributed by atoms with Crippen molar-refractivity contribution in [2.45, 2.75) is 39.5 Å². The smallest absolute Gasteiger partial charge is 0.311 e. The van der Waals surface area contributed by atoms with E-state index < -0.39 is 0 Å². The summed E-state index contributed by atoms with van der Waals surface area (Å²) in [5.74, 6) is 1.15. The minimum Gasteiger partial charge on any atom is -0.426 e. The summed E-state index contributed by atoms with van der Waals surface area (Å²) in [6, 6.07) is 5.82. The number of nitrogens with zero attached hydrogens (tertiary/aromatic N) is 1. The second kappa shape index (κ2) is 8.77. The number of halogens is 1. The van der Waals surface area contributed by atoms with Crippen LogP contribution in [0.2, 0.25) is 0 Å². The summed E-state index contributed by atoms with van der Waals surface area (Å²) in [5, 5.41) is 7.41. The van der Waals surface area contributed by atoms with Crippen LogP contribution in [0.25, 0.3) is 0 Å². The van der Waals surface area contributed by atoms with E-state index in [1.54, 1.807) is 0 Å². The van der Waals surface area contributed by atoms with Gasteiger partial charge in [0.2, 0.25) is 0 Å². The van der Waals surface area contributed by atoms with Crippen LogP contribution in [0.4, 0.5) is 0 Å². The van der Waals surface area contributed by atoms with Gasteiger partial charge in [-0.2, -0.15) is 0 Å². The lowest BCUT2D eigenvalue weighted by Gasteiger charge is -2.31. The molecule has 6 heteroatoms. The predicted octanol–water partition coefficient (Wildman–Crippen LogP) is 3.02. The van der Waals surface area contributed by atoms with E-state index in [1.807, 2.05) is 36.9 Å². The number of likely N-dealkylation sites (tertiary alicyclic amines) is 1. The molecule has 0 aliphatic carbocycles. The van der Waals surface area contributed by atoms with Gasteiger partial charge >= 0.3 is 5.97 Å². The zero-order valence-corrected chi connectivity index (χ0v) is 14.6. The Bertz CT molecular complexity index is 555. The number of carbonyl (C=O) groups excluding carboxylic acids is 1. The fourth-order valence-electron chi connectivity index (χ4n) is 2.87. The third-order valence-electron chi connectivity index (χ3n) is 4.27. The van der Waals surface area contributed by atoms with E-state index in [0.29, 0.717) is 18.1 Å². The number of nitrogens with two attached hydrogens (primary N) is 1. The molecule has 1 heterocycles. The van der Waals surface area contributed by atoms with E-state index in [4.69, 9.17) is 15.9 Å². The zero-order chi connectivity index (χ0) is 16.1. The van der Waals surface area contributed by atoms with Crippen LogP contribution < -0.4 is 10.5 Å². The average Bonchev–Trinajstić information content (AvgIpc) is 2.48. The summed E-state index contributed by atoms with van der Waals surface area (Å²) >= 11 is 0. The second-order valence-electron chi connectivity index (χ2n) is 6.10. The second-order valence-corrected chi connectivity index (χ2v) is 6.10. The number of hydrogen-bond acceptors (Lipinski definition) is 3. The van der Waals surface area contributed by atoms with Gasteiger partial charge in [0, 0.05) is 19.5 Å².